The van der Waals surface area contributed by atoms with Gasteiger partial charge in [-0.2, -0.15) is 5.21 Å². The summed E-state index contributed by atoms with van der Waals surface area (Å²) >= 11 is 0. The lowest BCUT2D eigenvalue weighted by atomic mass is 9.95. The van der Waals surface area contributed by atoms with E-state index in [2.05, 4.69) is 34.5 Å². The van der Waals surface area contributed by atoms with Crippen LogP contribution < -0.4 is 11.3 Å². The van der Waals surface area contributed by atoms with Crippen LogP contribution in [0.25, 0.3) is 33.3 Å². The molecule has 0 saturated carbocycles. The number of fused-ring (bicyclic) bond motifs is 1. The Morgan fingerprint density at radius 3 is 2.50 bits per heavy atom. The van der Waals surface area contributed by atoms with Crippen molar-refractivity contribution in [3.8, 4) is 22.5 Å². The number of benzene rings is 2. The van der Waals surface area contributed by atoms with Gasteiger partial charge in [0.1, 0.15) is 0 Å². The number of rotatable bonds is 5. The van der Waals surface area contributed by atoms with Crippen molar-refractivity contribution in [2.45, 2.75) is 26.9 Å². The van der Waals surface area contributed by atoms with Crippen molar-refractivity contribution in [1.29, 1.82) is 0 Å². The van der Waals surface area contributed by atoms with Crippen LogP contribution in [-0.2, 0) is 13.1 Å². The van der Waals surface area contributed by atoms with Crippen LogP contribution in [0.2, 0.25) is 0 Å². The van der Waals surface area contributed by atoms with Crippen molar-refractivity contribution in [2.75, 3.05) is 0 Å². The van der Waals surface area contributed by atoms with E-state index in [1.807, 2.05) is 53.1 Å². The number of hydrogen-bond acceptors (Lipinski definition) is 5. The Kier molecular flexibility index (Phi) is 4.75. The topological polar surface area (TPSA) is 102 Å². The minimum absolute atomic E-state index is 0.0245. The fraction of sp³-hybridized carbons (Fsp3) is 0.238. The van der Waals surface area contributed by atoms with Crippen molar-refractivity contribution >= 4 is 10.8 Å². The summed E-state index contributed by atoms with van der Waals surface area (Å²) in [7, 11) is 0. The summed E-state index contributed by atoms with van der Waals surface area (Å²) < 4.78 is 1.82. The zero-order valence-electron chi connectivity index (χ0n) is 15.9. The second-order valence-corrected chi connectivity index (χ2v) is 7.20. The molecule has 0 aliphatic heterocycles. The zero-order valence-corrected chi connectivity index (χ0v) is 15.9. The number of nitrogens with one attached hydrogen (secondary N) is 1. The Labute approximate surface area is 162 Å². The second kappa shape index (κ2) is 7.36. The first-order valence-corrected chi connectivity index (χ1v) is 9.29. The Morgan fingerprint density at radius 2 is 1.86 bits per heavy atom. The molecule has 28 heavy (non-hydrogen) atoms. The van der Waals surface area contributed by atoms with Gasteiger partial charge in [-0.05, 0) is 34.2 Å². The molecule has 0 bridgehead atoms. The first-order chi connectivity index (χ1) is 13.6. The molecule has 2 heterocycles. The molecule has 0 unspecified atom stereocenters. The third-order valence-electron chi connectivity index (χ3n) is 4.79. The predicted molar refractivity (Wildman–Crippen MR) is 110 cm³/mol. The Morgan fingerprint density at radius 1 is 1.07 bits per heavy atom. The Bertz CT molecular complexity index is 1160. The summed E-state index contributed by atoms with van der Waals surface area (Å²) in [6.07, 6.45) is 0. The number of tetrazole rings is 1. The molecule has 0 atom stereocenters. The Balaban J connectivity index is 2.11. The maximum Gasteiger partial charge on any atom is 0.258 e. The lowest BCUT2D eigenvalue weighted by Gasteiger charge is -2.20. The molecule has 0 radical (unpaired) electrons. The maximum atomic E-state index is 13.3. The van der Waals surface area contributed by atoms with E-state index in [4.69, 9.17) is 5.73 Å². The van der Waals surface area contributed by atoms with Gasteiger partial charge in [0.15, 0.2) is 0 Å². The lowest BCUT2D eigenvalue weighted by Crippen LogP contribution is -2.28. The van der Waals surface area contributed by atoms with Gasteiger partial charge in [0.2, 0.25) is 5.82 Å². The van der Waals surface area contributed by atoms with Crippen LogP contribution in [0.5, 0.6) is 0 Å². The van der Waals surface area contributed by atoms with E-state index in [9.17, 15) is 4.79 Å². The van der Waals surface area contributed by atoms with Crippen LogP contribution in [0.15, 0.2) is 53.3 Å². The maximum absolute atomic E-state index is 13.3. The van der Waals surface area contributed by atoms with Crippen molar-refractivity contribution in [2.24, 2.45) is 11.7 Å². The highest BCUT2D eigenvalue weighted by atomic mass is 16.1. The lowest BCUT2D eigenvalue weighted by molar-refractivity contribution is 0.499. The number of hydrogen-bond donors (Lipinski definition) is 2. The van der Waals surface area contributed by atoms with Gasteiger partial charge in [-0.25, -0.2) is 0 Å². The number of pyridine rings is 1. The van der Waals surface area contributed by atoms with Gasteiger partial charge in [-0.3, -0.25) is 4.79 Å². The van der Waals surface area contributed by atoms with E-state index < -0.39 is 0 Å². The van der Waals surface area contributed by atoms with Crippen LogP contribution in [0, 0.1) is 5.92 Å². The molecule has 0 fully saturated rings. The second-order valence-electron chi connectivity index (χ2n) is 7.20. The van der Waals surface area contributed by atoms with Crippen LogP contribution in [0.4, 0.5) is 0 Å². The molecule has 0 amide bonds. The van der Waals surface area contributed by atoms with Crippen LogP contribution in [-0.4, -0.2) is 25.2 Å². The molecule has 0 aliphatic carbocycles. The number of aromatic nitrogens is 5. The van der Waals surface area contributed by atoms with Gasteiger partial charge in [-0.15, -0.1) is 10.2 Å². The molecule has 2 aromatic carbocycles. The SMILES string of the molecule is CC(C)Cn1c(CN)c(-c2ccccc2)c2cc(-c3nn[nH]n3)ccc2c1=O. The number of aromatic amines is 1. The molecular weight excluding hydrogens is 352 g/mol. The predicted octanol–water partition coefficient (Wildman–Crippen LogP) is 2.96. The summed E-state index contributed by atoms with van der Waals surface area (Å²) in [4.78, 5) is 13.3. The minimum Gasteiger partial charge on any atom is -0.325 e. The highest BCUT2D eigenvalue weighted by molar-refractivity contribution is 5.99. The molecule has 142 valence electrons. The average molecular weight is 374 g/mol. The number of nitrogens with zero attached hydrogens (tertiary/aromatic N) is 4. The molecule has 4 aromatic rings. The van der Waals surface area contributed by atoms with Crippen molar-refractivity contribution in [3.63, 3.8) is 0 Å². The number of H-pyrrole nitrogens is 1. The van der Waals surface area contributed by atoms with Gasteiger partial charge < -0.3 is 10.3 Å². The fourth-order valence-corrected chi connectivity index (χ4v) is 3.62. The van der Waals surface area contributed by atoms with Crippen molar-refractivity contribution in [1.82, 2.24) is 25.2 Å². The molecule has 7 nitrogen and oxygen atoms in total. The summed E-state index contributed by atoms with van der Waals surface area (Å²) in [5.41, 5.74) is 9.76. The minimum atomic E-state index is -0.0245. The quantitative estimate of drug-likeness (QED) is 0.559. The monoisotopic (exact) mass is 374 g/mol. The molecule has 0 aliphatic rings. The molecule has 4 rings (SSSR count). The smallest absolute Gasteiger partial charge is 0.258 e. The van der Waals surface area contributed by atoms with Gasteiger partial charge in [0.25, 0.3) is 5.56 Å². The van der Waals surface area contributed by atoms with Crippen molar-refractivity contribution < 1.29 is 0 Å². The average Bonchev–Trinajstić information content (AvgIpc) is 3.24. The first kappa shape index (κ1) is 18.1. The standard InChI is InChI=1S/C21H22N6O/c1-13(2)12-27-18(11-22)19(14-6-4-3-5-7-14)17-10-15(20-23-25-26-24-20)8-9-16(17)21(27)28/h3-10,13H,11-12,22H2,1-2H3,(H,23,24,25,26). The summed E-state index contributed by atoms with van der Waals surface area (Å²) in [6, 6.07) is 15.7. The molecule has 7 heteroatoms. The first-order valence-electron chi connectivity index (χ1n) is 9.29. The summed E-state index contributed by atoms with van der Waals surface area (Å²) in [6.45, 7) is 5.08. The number of nitrogens with two attached hydrogens (primary N) is 1. The molecular formula is C21H22N6O. The highest BCUT2D eigenvalue weighted by Crippen LogP contribution is 2.33. The van der Waals surface area contributed by atoms with E-state index in [1.165, 1.54) is 0 Å². The highest BCUT2D eigenvalue weighted by Gasteiger charge is 2.19. The van der Waals surface area contributed by atoms with Crippen molar-refractivity contribution in [3.05, 3.63) is 64.6 Å². The van der Waals surface area contributed by atoms with Gasteiger partial charge in [0, 0.05) is 35.3 Å². The van der Waals surface area contributed by atoms with Gasteiger partial charge in [0.05, 0.1) is 0 Å². The third-order valence-corrected chi connectivity index (χ3v) is 4.79. The molecule has 3 N–H and O–H groups in total. The summed E-state index contributed by atoms with van der Waals surface area (Å²) in [5.74, 6) is 0.809. The molecule has 0 saturated heterocycles. The van der Waals surface area contributed by atoms with E-state index >= 15 is 0 Å². The third kappa shape index (κ3) is 3.10. The van der Waals surface area contributed by atoms with Crippen LogP contribution >= 0.6 is 0 Å². The molecule has 2 aromatic heterocycles. The largest absolute Gasteiger partial charge is 0.325 e. The summed E-state index contributed by atoms with van der Waals surface area (Å²) in [5, 5.41) is 15.7. The fourth-order valence-electron chi connectivity index (χ4n) is 3.62. The normalized spacial score (nSPS) is 11.4. The van der Waals surface area contributed by atoms with Gasteiger partial charge in [-0.1, -0.05) is 50.2 Å². The van der Waals surface area contributed by atoms with Crippen LogP contribution in [0.1, 0.15) is 19.5 Å². The van der Waals surface area contributed by atoms with E-state index in [1.54, 1.807) is 0 Å². The Hall–Kier alpha value is -3.32. The molecule has 0 spiro atoms. The van der Waals surface area contributed by atoms with E-state index in [-0.39, 0.29) is 12.1 Å². The van der Waals surface area contributed by atoms with E-state index in [0.717, 1.165) is 27.8 Å². The van der Waals surface area contributed by atoms with Crippen LogP contribution in [0.3, 0.4) is 0 Å². The zero-order chi connectivity index (χ0) is 19.7. The van der Waals surface area contributed by atoms with E-state index in [0.29, 0.717) is 23.7 Å². The van der Waals surface area contributed by atoms with Gasteiger partial charge >= 0.3 is 0 Å².